The van der Waals surface area contributed by atoms with Crippen LogP contribution in [-0.4, -0.2) is 30.0 Å². The highest BCUT2D eigenvalue weighted by Crippen LogP contribution is 2.56. The van der Waals surface area contributed by atoms with E-state index in [4.69, 9.17) is 4.74 Å². The van der Waals surface area contributed by atoms with Gasteiger partial charge in [0.1, 0.15) is 5.75 Å². The second-order valence-electron chi connectivity index (χ2n) is 9.27. The van der Waals surface area contributed by atoms with Gasteiger partial charge in [-0.2, -0.15) is 0 Å². The van der Waals surface area contributed by atoms with Crippen LogP contribution in [0, 0.1) is 5.92 Å². The first-order valence-electron chi connectivity index (χ1n) is 11.4. The molecule has 2 aromatic carbocycles. The van der Waals surface area contributed by atoms with E-state index in [9.17, 15) is 4.79 Å². The van der Waals surface area contributed by atoms with Crippen LogP contribution in [-0.2, 0) is 23.1 Å². The van der Waals surface area contributed by atoms with E-state index in [0.717, 1.165) is 25.1 Å². The number of fused-ring (bicyclic) bond motifs is 1. The van der Waals surface area contributed by atoms with Crippen molar-refractivity contribution in [3.05, 3.63) is 77.9 Å². The van der Waals surface area contributed by atoms with E-state index < -0.39 is 0 Å². The molecule has 0 amide bonds. The summed E-state index contributed by atoms with van der Waals surface area (Å²) in [7, 11) is 0. The molecule has 2 fully saturated rings. The molecule has 1 saturated carbocycles. The van der Waals surface area contributed by atoms with E-state index >= 15 is 0 Å². The lowest BCUT2D eigenvalue weighted by atomic mass is 9.52. The number of benzene rings is 2. The molecule has 1 aliphatic heterocycles. The number of esters is 1. The largest absolute Gasteiger partial charge is 0.426 e. The van der Waals surface area contributed by atoms with Gasteiger partial charge in [-0.1, -0.05) is 55.3 Å². The topological polar surface area (TPSA) is 29.5 Å². The van der Waals surface area contributed by atoms with Gasteiger partial charge in [0.2, 0.25) is 0 Å². The Hall–Kier alpha value is -2.39. The minimum atomic E-state index is -0.187. The van der Waals surface area contributed by atoms with Crippen LogP contribution in [0.5, 0.6) is 5.75 Å². The summed E-state index contributed by atoms with van der Waals surface area (Å²) in [5.74, 6) is 1.23. The van der Waals surface area contributed by atoms with Gasteiger partial charge in [-0.15, -0.1) is 6.58 Å². The number of hydrogen-bond donors (Lipinski definition) is 0. The Morgan fingerprint density at radius 2 is 2.03 bits per heavy atom. The fraction of sp³-hybridized carbons (Fsp3) is 0.444. The zero-order valence-corrected chi connectivity index (χ0v) is 17.7. The van der Waals surface area contributed by atoms with Gasteiger partial charge in [0.05, 0.1) is 6.42 Å². The summed E-state index contributed by atoms with van der Waals surface area (Å²) >= 11 is 0. The molecule has 0 radical (unpaired) electrons. The van der Waals surface area contributed by atoms with Crippen LogP contribution in [0.1, 0.15) is 48.8 Å². The third-order valence-corrected chi connectivity index (χ3v) is 7.71. The van der Waals surface area contributed by atoms with Crippen LogP contribution in [0.2, 0.25) is 0 Å². The van der Waals surface area contributed by atoms with Crippen LogP contribution < -0.4 is 4.74 Å². The van der Waals surface area contributed by atoms with Crippen molar-refractivity contribution in [3.63, 3.8) is 0 Å². The summed E-state index contributed by atoms with van der Waals surface area (Å²) in [5, 5.41) is 0. The van der Waals surface area contributed by atoms with Crippen LogP contribution in [0.4, 0.5) is 0 Å². The Bertz CT molecular complexity index is 937. The first kappa shape index (κ1) is 19.6. The highest BCUT2D eigenvalue weighted by Gasteiger charge is 2.53. The number of ether oxygens (including phenoxy) is 1. The molecule has 0 spiro atoms. The van der Waals surface area contributed by atoms with Crippen molar-refractivity contribution in [2.75, 3.05) is 13.1 Å². The zero-order valence-electron chi connectivity index (χ0n) is 17.7. The molecule has 5 rings (SSSR count). The number of carbonyl (C=O) groups is 1. The maximum absolute atomic E-state index is 12.5. The van der Waals surface area contributed by atoms with Gasteiger partial charge in [-0.3, -0.25) is 9.69 Å². The molecule has 0 unspecified atom stereocenters. The van der Waals surface area contributed by atoms with E-state index in [1.54, 1.807) is 0 Å². The van der Waals surface area contributed by atoms with Crippen molar-refractivity contribution in [2.24, 2.45) is 5.92 Å². The van der Waals surface area contributed by atoms with E-state index in [2.05, 4.69) is 29.7 Å². The summed E-state index contributed by atoms with van der Waals surface area (Å²) in [5.41, 5.74) is 4.17. The van der Waals surface area contributed by atoms with Gasteiger partial charge in [0.25, 0.3) is 0 Å². The van der Waals surface area contributed by atoms with Crippen molar-refractivity contribution >= 4 is 5.97 Å². The first-order valence-corrected chi connectivity index (χ1v) is 11.4. The van der Waals surface area contributed by atoms with Crippen LogP contribution in [0.3, 0.4) is 0 Å². The second kappa shape index (κ2) is 8.03. The van der Waals surface area contributed by atoms with Gasteiger partial charge < -0.3 is 4.74 Å². The van der Waals surface area contributed by atoms with Gasteiger partial charge in [0.15, 0.2) is 0 Å². The lowest BCUT2D eigenvalue weighted by Crippen LogP contribution is -2.60. The molecule has 2 bridgehead atoms. The Morgan fingerprint density at radius 1 is 1.17 bits per heavy atom. The van der Waals surface area contributed by atoms with Crippen LogP contribution in [0.25, 0.3) is 0 Å². The average Bonchev–Trinajstić information content (AvgIpc) is 2.77. The molecule has 3 heteroatoms. The molecule has 2 aliphatic carbocycles. The molecule has 1 saturated heterocycles. The van der Waals surface area contributed by atoms with E-state index in [1.807, 2.05) is 36.4 Å². The smallest absolute Gasteiger partial charge is 0.315 e. The SMILES string of the molecule is C=CCN1CC[C@]23CCCC[C@H]2[C@H]1Cc1ccc(OC(=O)Cc2ccccc2)cc13. The van der Waals surface area contributed by atoms with Crippen molar-refractivity contribution in [1.82, 2.24) is 4.90 Å². The third kappa shape index (κ3) is 3.39. The number of carbonyl (C=O) groups excluding carboxylic acids is 1. The summed E-state index contributed by atoms with van der Waals surface area (Å²) in [6.45, 7) is 6.12. The molecule has 3 aliphatic rings. The summed E-state index contributed by atoms with van der Waals surface area (Å²) in [6.07, 6.45) is 9.91. The molecule has 3 atom stereocenters. The quantitative estimate of drug-likeness (QED) is 0.398. The van der Waals surface area contributed by atoms with Gasteiger partial charge >= 0.3 is 5.97 Å². The van der Waals surface area contributed by atoms with Crippen molar-refractivity contribution in [3.8, 4) is 5.75 Å². The lowest BCUT2D eigenvalue weighted by Gasteiger charge is -2.59. The van der Waals surface area contributed by atoms with E-state index in [0.29, 0.717) is 24.1 Å². The fourth-order valence-electron chi connectivity index (χ4n) is 6.45. The number of rotatable bonds is 5. The maximum atomic E-state index is 12.5. The molecule has 0 aromatic heterocycles. The van der Waals surface area contributed by atoms with E-state index in [-0.39, 0.29) is 11.4 Å². The molecule has 0 N–H and O–H groups in total. The Balaban J connectivity index is 1.42. The normalized spacial score (nSPS) is 27.6. The Morgan fingerprint density at radius 3 is 2.87 bits per heavy atom. The average molecular weight is 402 g/mol. The first-order chi connectivity index (χ1) is 14.7. The van der Waals surface area contributed by atoms with Gasteiger partial charge in [-0.05, 0) is 67.0 Å². The Kier molecular flexibility index (Phi) is 5.24. The molecule has 2 aromatic rings. The monoisotopic (exact) mass is 401 g/mol. The molecule has 1 heterocycles. The number of piperidine rings is 1. The van der Waals surface area contributed by atoms with Crippen molar-refractivity contribution < 1.29 is 9.53 Å². The Labute approximate surface area is 179 Å². The third-order valence-electron chi connectivity index (χ3n) is 7.71. The van der Waals surface area contributed by atoms with Gasteiger partial charge in [-0.25, -0.2) is 0 Å². The lowest BCUT2D eigenvalue weighted by molar-refractivity contribution is -0.133. The number of hydrogen-bond acceptors (Lipinski definition) is 3. The summed E-state index contributed by atoms with van der Waals surface area (Å²) < 4.78 is 5.80. The molecular weight excluding hydrogens is 370 g/mol. The van der Waals surface area contributed by atoms with E-state index in [1.165, 1.54) is 43.2 Å². The molecule has 3 nitrogen and oxygen atoms in total. The predicted octanol–water partition coefficient (Wildman–Crippen LogP) is 5.08. The second-order valence-corrected chi connectivity index (χ2v) is 9.27. The highest BCUT2D eigenvalue weighted by molar-refractivity contribution is 5.75. The summed E-state index contributed by atoms with van der Waals surface area (Å²) in [6, 6.07) is 16.9. The summed E-state index contributed by atoms with van der Waals surface area (Å²) in [4.78, 5) is 15.2. The molecular formula is C27H31NO2. The molecule has 156 valence electrons. The standard InChI is InChI=1S/C27H31NO2/c1-2-15-28-16-14-27-13-7-6-10-23(27)25(28)18-21-11-12-22(19-24(21)27)30-26(29)17-20-8-4-3-5-9-20/h2-5,8-9,11-12,19,23,25H,1,6-7,10,13-18H2/t23-,25+,27+/m0/s1. The minimum absolute atomic E-state index is 0.187. The van der Waals surface area contributed by atoms with Gasteiger partial charge in [0, 0.05) is 18.0 Å². The number of likely N-dealkylation sites (tertiary alicyclic amines) is 1. The van der Waals surface area contributed by atoms with Crippen LogP contribution in [0.15, 0.2) is 61.2 Å². The minimum Gasteiger partial charge on any atom is -0.426 e. The van der Waals surface area contributed by atoms with Crippen molar-refractivity contribution in [1.29, 1.82) is 0 Å². The van der Waals surface area contributed by atoms with Crippen molar-refractivity contribution in [2.45, 2.75) is 56.4 Å². The zero-order chi connectivity index (χ0) is 20.6. The maximum Gasteiger partial charge on any atom is 0.315 e. The predicted molar refractivity (Wildman–Crippen MR) is 120 cm³/mol. The highest BCUT2D eigenvalue weighted by atomic mass is 16.5. The number of nitrogens with zero attached hydrogens (tertiary/aromatic N) is 1. The molecule has 30 heavy (non-hydrogen) atoms. The van der Waals surface area contributed by atoms with Crippen LogP contribution >= 0.6 is 0 Å². The fourth-order valence-corrected chi connectivity index (χ4v) is 6.45.